The van der Waals surface area contributed by atoms with Crippen LogP contribution in [-0.4, -0.2) is 9.90 Å². The van der Waals surface area contributed by atoms with Crippen molar-refractivity contribution in [2.45, 2.75) is 35.6 Å². The molecular formula is C13H19PS. The van der Waals surface area contributed by atoms with Crippen LogP contribution in [0.15, 0.2) is 47.9 Å². The van der Waals surface area contributed by atoms with E-state index < -0.39 is 0 Å². The Kier molecular flexibility index (Phi) is 4.03. The molecule has 82 valence electrons. The van der Waals surface area contributed by atoms with Gasteiger partial charge in [-0.2, -0.15) is 0 Å². The second-order valence-corrected chi connectivity index (χ2v) is 7.31. The maximum Gasteiger partial charge on any atom is 0.0273 e. The molecule has 2 unspecified atom stereocenters. The van der Waals surface area contributed by atoms with Gasteiger partial charge in [0.2, 0.25) is 0 Å². The topological polar surface area (TPSA) is 0 Å². The summed E-state index contributed by atoms with van der Waals surface area (Å²) in [6.07, 6.45) is 2.01. The minimum atomic E-state index is 0.0352. The summed E-state index contributed by atoms with van der Waals surface area (Å²) in [5, 5.41) is 0.0352. The van der Waals surface area contributed by atoms with Gasteiger partial charge >= 0.3 is 0 Å². The van der Waals surface area contributed by atoms with Gasteiger partial charge in [0, 0.05) is 14.8 Å². The Hall–Kier alpha value is -0.260. The highest BCUT2D eigenvalue weighted by molar-refractivity contribution is 8.01. The lowest BCUT2D eigenvalue weighted by Crippen LogP contribution is -2.37. The molecule has 0 bridgehead atoms. The first-order chi connectivity index (χ1) is 6.89. The van der Waals surface area contributed by atoms with Crippen LogP contribution in [0, 0.1) is 0 Å². The summed E-state index contributed by atoms with van der Waals surface area (Å²) < 4.78 is 0.112. The maximum atomic E-state index is 3.91. The van der Waals surface area contributed by atoms with E-state index in [9.17, 15) is 0 Å². The molecule has 0 amide bonds. The second-order valence-electron chi connectivity index (χ2n) is 4.41. The zero-order valence-electron chi connectivity index (χ0n) is 9.66. The first kappa shape index (κ1) is 12.8. The molecule has 0 saturated heterocycles. The van der Waals surface area contributed by atoms with Crippen molar-refractivity contribution >= 4 is 21.0 Å². The van der Waals surface area contributed by atoms with E-state index in [-0.39, 0.29) is 9.90 Å². The average Bonchev–Trinajstić information content (AvgIpc) is 2.18. The van der Waals surface area contributed by atoms with E-state index >= 15 is 0 Å². The summed E-state index contributed by atoms with van der Waals surface area (Å²) in [5.41, 5.74) is 0. The molecule has 15 heavy (non-hydrogen) atoms. The summed E-state index contributed by atoms with van der Waals surface area (Å²) >= 11 is 1.89. The Balaban J connectivity index is 2.86. The van der Waals surface area contributed by atoms with Gasteiger partial charge in [0.05, 0.1) is 0 Å². The SMILES string of the molecule is C=CC(C)(P)C(C)(C)Sc1ccccc1. The van der Waals surface area contributed by atoms with Gasteiger partial charge in [-0.05, 0) is 26.0 Å². The molecule has 0 spiro atoms. The fourth-order valence-electron chi connectivity index (χ4n) is 1.14. The number of rotatable bonds is 4. The normalized spacial score (nSPS) is 15.7. The minimum Gasteiger partial charge on any atom is -0.126 e. The van der Waals surface area contributed by atoms with Crippen molar-refractivity contribution in [3.63, 3.8) is 0 Å². The van der Waals surface area contributed by atoms with Gasteiger partial charge in [0.25, 0.3) is 0 Å². The number of hydrogen-bond donors (Lipinski definition) is 0. The first-order valence-corrected chi connectivity index (χ1v) is 6.45. The van der Waals surface area contributed by atoms with E-state index in [4.69, 9.17) is 0 Å². The monoisotopic (exact) mass is 238 g/mol. The zero-order valence-corrected chi connectivity index (χ0v) is 11.6. The molecular weight excluding hydrogens is 219 g/mol. The molecule has 0 heterocycles. The Morgan fingerprint density at radius 3 is 2.20 bits per heavy atom. The predicted molar refractivity (Wildman–Crippen MR) is 74.7 cm³/mol. The van der Waals surface area contributed by atoms with Crippen LogP contribution >= 0.6 is 21.0 Å². The molecule has 0 fully saturated rings. The molecule has 0 N–H and O–H groups in total. The molecule has 0 aromatic heterocycles. The van der Waals surface area contributed by atoms with Crippen LogP contribution < -0.4 is 0 Å². The standard InChI is InChI=1S/C13H19PS/c1-5-13(4,14)12(2,3)15-11-9-7-6-8-10-11/h5-10H,1,14H2,2-4H3. The average molecular weight is 238 g/mol. The molecule has 0 radical (unpaired) electrons. The quantitative estimate of drug-likeness (QED) is 0.426. The van der Waals surface area contributed by atoms with Gasteiger partial charge in [-0.3, -0.25) is 0 Å². The fraction of sp³-hybridized carbons (Fsp3) is 0.385. The summed E-state index contributed by atoms with van der Waals surface area (Å²) in [6, 6.07) is 10.5. The summed E-state index contributed by atoms with van der Waals surface area (Å²) in [4.78, 5) is 1.30. The maximum absolute atomic E-state index is 3.91. The van der Waals surface area contributed by atoms with E-state index in [2.05, 4.69) is 60.9 Å². The number of allylic oxidation sites excluding steroid dienone is 1. The lowest BCUT2D eigenvalue weighted by Gasteiger charge is -2.38. The molecule has 1 rings (SSSR count). The van der Waals surface area contributed by atoms with Gasteiger partial charge in [0.15, 0.2) is 0 Å². The number of hydrogen-bond acceptors (Lipinski definition) is 1. The van der Waals surface area contributed by atoms with Gasteiger partial charge in [-0.1, -0.05) is 31.2 Å². The van der Waals surface area contributed by atoms with E-state index in [1.54, 1.807) is 0 Å². The lowest BCUT2D eigenvalue weighted by atomic mass is 9.96. The van der Waals surface area contributed by atoms with Gasteiger partial charge in [0.1, 0.15) is 0 Å². The Morgan fingerprint density at radius 2 is 1.73 bits per heavy atom. The van der Waals surface area contributed by atoms with E-state index in [1.807, 2.05) is 23.9 Å². The highest BCUT2D eigenvalue weighted by Crippen LogP contribution is 2.45. The summed E-state index contributed by atoms with van der Waals surface area (Å²) in [7, 11) is 2.89. The molecule has 0 saturated carbocycles. The highest BCUT2D eigenvalue weighted by Gasteiger charge is 2.35. The van der Waals surface area contributed by atoms with Crippen molar-refractivity contribution in [3.05, 3.63) is 43.0 Å². The highest BCUT2D eigenvalue weighted by atomic mass is 32.2. The number of thioether (sulfide) groups is 1. The second kappa shape index (κ2) is 4.72. The Labute approximate surface area is 99.7 Å². The van der Waals surface area contributed by atoms with Crippen LogP contribution in [-0.2, 0) is 0 Å². The Bertz CT molecular complexity index is 328. The lowest BCUT2D eigenvalue weighted by molar-refractivity contribution is 0.601. The molecule has 2 heteroatoms. The minimum absolute atomic E-state index is 0.0352. The molecule has 1 aromatic carbocycles. The van der Waals surface area contributed by atoms with Crippen LogP contribution in [0.4, 0.5) is 0 Å². The van der Waals surface area contributed by atoms with Crippen molar-refractivity contribution < 1.29 is 0 Å². The molecule has 0 nitrogen and oxygen atoms in total. The van der Waals surface area contributed by atoms with E-state index in [1.165, 1.54) is 4.90 Å². The fourth-order valence-corrected chi connectivity index (χ4v) is 2.50. The van der Waals surface area contributed by atoms with E-state index in [0.717, 1.165) is 0 Å². The molecule has 0 aliphatic carbocycles. The van der Waals surface area contributed by atoms with Gasteiger partial charge in [-0.15, -0.1) is 27.6 Å². The van der Waals surface area contributed by atoms with Crippen LogP contribution in [0.2, 0.25) is 0 Å². The van der Waals surface area contributed by atoms with Gasteiger partial charge < -0.3 is 0 Å². The van der Waals surface area contributed by atoms with Crippen LogP contribution in [0.3, 0.4) is 0 Å². The molecule has 0 aliphatic rings. The third-order valence-electron chi connectivity index (χ3n) is 2.84. The van der Waals surface area contributed by atoms with Crippen molar-refractivity contribution in [3.8, 4) is 0 Å². The van der Waals surface area contributed by atoms with Crippen LogP contribution in [0.25, 0.3) is 0 Å². The van der Waals surface area contributed by atoms with Crippen LogP contribution in [0.1, 0.15) is 20.8 Å². The van der Waals surface area contributed by atoms with E-state index in [0.29, 0.717) is 0 Å². The molecule has 2 atom stereocenters. The predicted octanol–water partition coefficient (Wildman–Crippen LogP) is 4.38. The summed E-state index contributed by atoms with van der Waals surface area (Å²) in [5.74, 6) is 0. The van der Waals surface area contributed by atoms with Crippen LogP contribution in [0.5, 0.6) is 0 Å². The third kappa shape index (κ3) is 3.09. The third-order valence-corrected chi connectivity index (χ3v) is 5.46. The zero-order chi connectivity index (χ0) is 11.5. The summed E-state index contributed by atoms with van der Waals surface area (Å²) in [6.45, 7) is 10.6. The first-order valence-electron chi connectivity index (χ1n) is 5.05. The van der Waals surface area contributed by atoms with Gasteiger partial charge in [-0.25, -0.2) is 0 Å². The Morgan fingerprint density at radius 1 is 1.20 bits per heavy atom. The van der Waals surface area contributed by atoms with Crippen molar-refractivity contribution in [2.24, 2.45) is 0 Å². The van der Waals surface area contributed by atoms with Crippen molar-refractivity contribution in [1.82, 2.24) is 0 Å². The number of benzene rings is 1. The molecule has 0 aliphatic heterocycles. The van der Waals surface area contributed by atoms with Crippen molar-refractivity contribution in [2.75, 3.05) is 0 Å². The smallest absolute Gasteiger partial charge is 0.0273 e. The molecule has 1 aromatic rings. The largest absolute Gasteiger partial charge is 0.126 e. The van der Waals surface area contributed by atoms with Crippen molar-refractivity contribution in [1.29, 1.82) is 0 Å².